The van der Waals surface area contributed by atoms with Crippen molar-refractivity contribution in [2.24, 2.45) is 0 Å². The summed E-state index contributed by atoms with van der Waals surface area (Å²) in [6, 6.07) is 8.91. The van der Waals surface area contributed by atoms with Crippen LogP contribution >= 0.6 is 0 Å². The highest BCUT2D eigenvalue weighted by Gasteiger charge is 2.67. The van der Waals surface area contributed by atoms with Gasteiger partial charge in [-0.05, 0) is 55.3 Å². The van der Waals surface area contributed by atoms with Crippen LogP contribution in [0.3, 0.4) is 0 Å². The van der Waals surface area contributed by atoms with Crippen LogP contribution in [0.15, 0.2) is 61.1 Å². The Kier molecular flexibility index (Phi) is 7.27. The van der Waals surface area contributed by atoms with Crippen molar-refractivity contribution in [3.63, 3.8) is 0 Å². The SMILES string of the molecule is CN1C(=N)N[C@](C)(c2cc(NC(=O)c3ccc(F)cn3)ccc2F)[C@@]2(CCN(S(=O)(=O)Cc3cccnc3)C2)S1(=O)=O. The summed E-state index contributed by atoms with van der Waals surface area (Å²) in [6.45, 7) is 0.706. The second kappa shape index (κ2) is 10.4. The number of aromatic nitrogens is 2. The molecule has 0 saturated carbocycles. The van der Waals surface area contributed by atoms with E-state index in [1.807, 2.05) is 0 Å². The number of halogens is 2. The highest BCUT2D eigenvalue weighted by Crippen LogP contribution is 2.50. The molecule has 0 aliphatic carbocycles. The van der Waals surface area contributed by atoms with Gasteiger partial charge in [0.05, 0.1) is 17.5 Å². The Morgan fingerprint density at radius 2 is 1.95 bits per heavy atom. The molecule has 222 valence electrons. The first-order chi connectivity index (χ1) is 19.7. The summed E-state index contributed by atoms with van der Waals surface area (Å²) in [6.07, 6.45) is 3.55. The number of carbonyl (C=O) groups is 1. The Morgan fingerprint density at radius 1 is 1.19 bits per heavy atom. The summed E-state index contributed by atoms with van der Waals surface area (Å²) in [5.74, 6) is -3.16. The average Bonchev–Trinajstić information content (AvgIpc) is 3.43. The maximum atomic E-state index is 15.6. The predicted octanol–water partition coefficient (Wildman–Crippen LogP) is 2.00. The molecule has 3 aromatic rings. The van der Waals surface area contributed by atoms with E-state index in [2.05, 4.69) is 20.6 Å². The Labute approximate surface area is 241 Å². The van der Waals surface area contributed by atoms with Gasteiger partial charge in [0.1, 0.15) is 22.1 Å². The molecule has 42 heavy (non-hydrogen) atoms. The van der Waals surface area contributed by atoms with Crippen molar-refractivity contribution in [3.8, 4) is 0 Å². The lowest BCUT2D eigenvalue weighted by atomic mass is 9.77. The van der Waals surface area contributed by atoms with Crippen LogP contribution in [0.4, 0.5) is 14.5 Å². The molecule has 0 unspecified atom stereocenters. The smallest absolute Gasteiger partial charge is 0.274 e. The lowest BCUT2D eigenvalue weighted by Gasteiger charge is -2.52. The first-order valence-electron chi connectivity index (χ1n) is 12.7. The number of benzene rings is 1. The Hall–Kier alpha value is -4.02. The van der Waals surface area contributed by atoms with E-state index in [9.17, 15) is 26.0 Å². The fourth-order valence-electron chi connectivity index (χ4n) is 5.46. The van der Waals surface area contributed by atoms with Gasteiger partial charge in [0.2, 0.25) is 26.0 Å². The third-order valence-electron chi connectivity index (χ3n) is 7.83. The summed E-state index contributed by atoms with van der Waals surface area (Å²) in [4.78, 5) is 20.4. The predicted molar refractivity (Wildman–Crippen MR) is 149 cm³/mol. The number of sulfonamides is 2. The van der Waals surface area contributed by atoms with Gasteiger partial charge < -0.3 is 10.6 Å². The molecular weight excluding hydrogens is 592 g/mol. The highest BCUT2D eigenvalue weighted by molar-refractivity contribution is 7.91. The van der Waals surface area contributed by atoms with E-state index in [1.54, 1.807) is 12.1 Å². The second-order valence-corrected chi connectivity index (χ2v) is 14.5. The van der Waals surface area contributed by atoms with E-state index >= 15 is 4.39 Å². The zero-order chi connectivity index (χ0) is 30.5. The van der Waals surface area contributed by atoms with Crippen molar-refractivity contribution in [1.82, 2.24) is 23.9 Å². The van der Waals surface area contributed by atoms with Gasteiger partial charge in [-0.25, -0.2) is 34.9 Å². The fourth-order valence-corrected chi connectivity index (χ4v) is 9.26. The normalized spacial score (nSPS) is 24.0. The van der Waals surface area contributed by atoms with Crippen molar-refractivity contribution < 1.29 is 30.4 Å². The molecule has 2 aliphatic rings. The molecule has 2 atom stereocenters. The molecule has 2 aromatic heterocycles. The number of carbonyl (C=O) groups excluding carboxylic acids is 1. The molecule has 3 N–H and O–H groups in total. The average molecular weight is 620 g/mol. The number of rotatable bonds is 6. The Bertz CT molecular complexity index is 1780. The fraction of sp³-hybridized carbons (Fsp3) is 0.308. The van der Waals surface area contributed by atoms with Crippen LogP contribution in [0.25, 0.3) is 0 Å². The minimum absolute atomic E-state index is 0.0719. The number of amides is 1. The minimum Gasteiger partial charge on any atom is -0.345 e. The van der Waals surface area contributed by atoms with Gasteiger partial charge in [0.15, 0.2) is 0 Å². The molecule has 1 amide bonds. The van der Waals surface area contributed by atoms with Crippen LogP contribution in [-0.4, -0.2) is 72.2 Å². The minimum atomic E-state index is -4.44. The van der Waals surface area contributed by atoms with Gasteiger partial charge >= 0.3 is 0 Å². The van der Waals surface area contributed by atoms with Crippen LogP contribution in [0, 0.1) is 17.0 Å². The molecule has 2 saturated heterocycles. The van der Waals surface area contributed by atoms with E-state index < -0.39 is 66.1 Å². The lowest BCUT2D eigenvalue weighted by Crippen LogP contribution is -2.74. The number of nitrogens with one attached hydrogen (secondary N) is 3. The van der Waals surface area contributed by atoms with Crippen LogP contribution in [0.5, 0.6) is 0 Å². The molecule has 0 radical (unpaired) electrons. The van der Waals surface area contributed by atoms with E-state index in [4.69, 9.17) is 5.41 Å². The van der Waals surface area contributed by atoms with Gasteiger partial charge in [0, 0.05) is 43.8 Å². The van der Waals surface area contributed by atoms with Crippen LogP contribution in [0.2, 0.25) is 0 Å². The van der Waals surface area contributed by atoms with E-state index in [0.717, 1.165) is 33.0 Å². The zero-order valence-electron chi connectivity index (χ0n) is 22.5. The summed E-state index contributed by atoms with van der Waals surface area (Å²) >= 11 is 0. The Morgan fingerprint density at radius 3 is 2.62 bits per heavy atom. The van der Waals surface area contributed by atoms with Crippen molar-refractivity contribution in [1.29, 1.82) is 5.41 Å². The van der Waals surface area contributed by atoms with Crippen LogP contribution < -0.4 is 10.6 Å². The highest BCUT2D eigenvalue weighted by atomic mass is 32.2. The van der Waals surface area contributed by atoms with Crippen LogP contribution in [0.1, 0.15) is 35.0 Å². The third-order valence-corrected chi connectivity index (χ3v) is 12.3. The summed E-state index contributed by atoms with van der Waals surface area (Å²) in [5.41, 5.74) is -1.69. The van der Waals surface area contributed by atoms with E-state index in [0.29, 0.717) is 5.56 Å². The van der Waals surface area contributed by atoms with Crippen molar-refractivity contribution in [3.05, 3.63) is 89.5 Å². The zero-order valence-corrected chi connectivity index (χ0v) is 24.1. The van der Waals surface area contributed by atoms with Gasteiger partial charge in [0.25, 0.3) is 5.91 Å². The molecule has 4 heterocycles. The molecule has 1 spiro atoms. The maximum Gasteiger partial charge on any atom is 0.274 e. The summed E-state index contributed by atoms with van der Waals surface area (Å²) in [5, 5.41) is 13.7. The van der Waals surface area contributed by atoms with Gasteiger partial charge in [-0.2, -0.15) is 4.31 Å². The van der Waals surface area contributed by atoms with Gasteiger partial charge in [-0.15, -0.1) is 0 Å². The van der Waals surface area contributed by atoms with Crippen molar-refractivity contribution >= 4 is 37.6 Å². The first kappa shape index (κ1) is 29.5. The van der Waals surface area contributed by atoms with Gasteiger partial charge in [-0.1, -0.05) is 6.07 Å². The molecule has 16 heteroatoms. The number of anilines is 1. The Balaban J connectivity index is 1.55. The quantitative estimate of drug-likeness (QED) is 0.377. The van der Waals surface area contributed by atoms with Gasteiger partial charge in [-0.3, -0.25) is 15.2 Å². The third kappa shape index (κ3) is 4.78. The molecule has 12 nitrogen and oxygen atoms in total. The molecule has 0 bridgehead atoms. The number of pyridine rings is 2. The summed E-state index contributed by atoms with van der Waals surface area (Å²) in [7, 11) is -7.30. The lowest BCUT2D eigenvalue weighted by molar-refractivity contribution is 0.102. The number of nitrogens with zero attached hydrogens (tertiary/aromatic N) is 4. The van der Waals surface area contributed by atoms with E-state index in [-0.39, 0.29) is 29.9 Å². The van der Waals surface area contributed by atoms with Crippen LogP contribution in [-0.2, 0) is 31.3 Å². The van der Waals surface area contributed by atoms with E-state index in [1.165, 1.54) is 38.5 Å². The number of hydrogen-bond acceptors (Lipinski definition) is 8. The standard InChI is InChI=1S/C26H27F2N7O5S2/c1-25(20-12-19(6-7-21(20)28)32-23(36)22-8-5-18(27)14-31-22)26(42(39,40)34(2)24(29)33-25)9-11-35(16-26)41(37,38)15-17-4-3-10-30-13-17/h3-8,10,12-14H,9,11,15-16H2,1-2H3,(H2,29,33)(H,32,36)/t25-,26+/m1/s1. The molecule has 1 aromatic carbocycles. The summed E-state index contributed by atoms with van der Waals surface area (Å²) < 4.78 is 83.6. The van der Waals surface area contributed by atoms with Crippen molar-refractivity contribution in [2.45, 2.75) is 29.4 Å². The largest absolute Gasteiger partial charge is 0.345 e. The second-order valence-electron chi connectivity index (χ2n) is 10.3. The number of hydrogen-bond donors (Lipinski definition) is 3. The topological polar surface area (TPSA) is 166 Å². The maximum absolute atomic E-state index is 15.6. The molecule has 2 fully saturated rings. The molecule has 5 rings (SSSR count). The molecule has 2 aliphatic heterocycles. The van der Waals surface area contributed by atoms with Crippen molar-refractivity contribution in [2.75, 3.05) is 25.5 Å². The number of guanidine groups is 1. The molecular formula is C26H27F2N7O5S2. The monoisotopic (exact) mass is 619 g/mol. The first-order valence-corrected chi connectivity index (χ1v) is 15.7.